The Bertz CT molecular complexity index is 602. The molecule has 1 aromatic rings. The van der Waals surface area contributed by atoms with E-state index >= 15 is 0 Å². The minimum absolute atomic E-state index is 0.00431. The van der Waals surface area contributed by atoms with Gasteiger partial charge in [0.25, 0.3) is 0 Å². The van der Waals surface area contributed by atoms with Crippen molar-refractivity contribution >= 4 is 11.8 Å². The maximum Gasteiger partial charge on any atom is 0.316 e. The summed E-state index contributed by atoms with van der Waals surface area (Å²) in [5, 5.41) is 10.4. The van der Waals surface area contributed by atoms with Crippen LogP contribution in [0.5, 0.6) is 5.75 Å². The third kappa shape index (κ3) is 3.33. The second-order valence-corrected chi connectivity index (χ2v) is 4.58. The van der Waals surface area contributed by atoms with Crippen LogP contribution in [0.25, 0.3) is 0 Å². The first-order chi connectivity index (χ1) is 9.93. The number of esters is 1. The monoisotopic (exact) mass is 297 g/mol. The molecule has 1 aliphatic carbocycles. The van der Waals surface area contributed by atoms with E-state index in [0.717, 1.165) is 6.07 Å². The first-order valence-electron chi connectivity index (χ1n) is 6.11. The number of benzene rings is 1. The quantitative estimate of drug-likeness (QED) is 0.339. The molecule has 7 nitrogen and oxygen atoms in total. The average molecular weight is 297 g/mol. The predicted molar refractivity (Wildman–Crippen MR) is 67.1 cm³/mol. The van der Waals surface area contributed by atoms with E-state index in [1.807, 2.05) is 0 Å². The van der Waals surface area contributed by atoms with Gasteiger partial charge in [-0.05, 0) is 18.2 Å². The van der Waals surface area contributed by atoms with Gasteiger partial charge in [0.2, 0.25) is 6.04 Å². The maximum absolute atomic E-state index is 13.4. The predicted octanol–water partition coefficient (Wildman–Crippen LogP) is 1.23. The van der Waals surface area contributed by atoms with Gasteiger partial charge in [0, 0.05) is 16.9 Å². The van der Waals surface area contributed by atoms with Crippen molar-refractivity contribution < 1.29 is 28.4 Å². The van der Waals surface area contributed by atoms with Crippen molar-refractivity contribution in [3.8, 4) is 5.75 Å². The van der Waals surface area contributed by atoms with Crippen molar-refractivity contribution in [1.29, 1.82) is 0 Å². The van der Waals surface area contributed by atoms with Crippen molar-refractivity contribution in [1.82, 2.24) is 0 Å². The van der Waals surface area contributed by atoms with Crippen molar-refractivity contribution in [3.05, 3.63) is 39.7 Å². The lowest BCUT2D eigenvalue weighted by atomic mass is 10.1. The second kappa shape index (κ2) is 5.86. The van der Waals surface area contributed by atoms with Gasteiger partial charge in [0.1, 0.15) is 5.92 Å². The van der Waals surface area contributed by atoms with Crippen LogP contribution in [0.4, 0.5) is 4.39 Å². The summed E-state index contributed by atoms with van der Waals surface area (Å²) in [5.41, 5.74) is 0.0303. The normalized spacial score (nSPS) is 19.7. The lowest BCUT2D eigenvalue weighted by molar-refractivity contribution is -0.497. The average Bonchev–Trinajstić information content (AvgIpc) is 3.24. The van der Waals surface area contributed by atoms with Crippen molar-refractivity contribution in [2.75, 3.05) is 13.7 Å². The summed E-state index contributed by atoms with van der Waals surface area (Å²) in [7, 11) is 1.29. The SMILES string of the molecule is COc1ccc(C(=O)COC(=O)C2CC2[N+](=O)[O-])cc1F. The molecular weight excluding hydrogens is 285 g/mol. The first kappa shape index (κ1) is 14.9. The van der Waals surface area contributed by atoms with E-state index < -0.39 is 41.1 Å². The van der Waals surface area contributed by atoms with E-state index in [9.17, 15) is 24.1 Å². The fraction of sp³-hybridized carbons (Fsp3) is 0.385. The largest absolute Gasteiger partial charge is 0.494 e. The summed E-state index contributed by atoms with van der Waals surface area (Å²) in [6.45, 7) is -0.578. The molecule has 0 spiro atoms. The van der Waals surface area contributed by atoms with Crippen LogP contribution in [0.3, 0.4) is 0 Å². The van der Waals surface area contributed by atoms with Crippen LogP contribution in [-0.4, -0.2) is 36.4 Å². The number of ether oxygens (including phenoxy) is 2. The highest BCUT2D eigenvalue weighted by Crippen LogP contribution is 2.34. The highest BCUT2D eigenvalue weighted by Gasteiger charge is 2.54. The molecule has 2 unspecified atom stereocenters. The smallest absolute Gasteiger partial charge is 0.316 e. The summed E-state index contributed by atoms with van der Waals surface area (Å²) < 4.78 is 22.9. The summed E-state index contributed by atoms with van der Waals surface area (Å²) in [6.07, 6.45) is 0.122. The van der Waals surface area contributed by atoms with E-state index in [1.165, 1.54) is 19.2 Å². The van der Waals surface area contributed by atoms with Gasteiger partial charge in [0.15, 0.2) is 24.0 Å². The van der Waals surface area contributed by atoms with Crippen LogP contribution in [0.2, 0.25) is 0 Å². The lowest BCUT2D eigenvalue weighted by Crippen LogP contribution is -2.18. The zero-order valence-electron chi connectivity index (χ0n) is 11.1. The highest BCUT2D eigenvalue weighted by molar-refractivity contribution is 5.98. The molecule has 2 rings (SSSR count). The lowest BCUT2D eigenvalue weighted by Gasteiger charge is -2.05. The molecule has 0 amide bonds. The summed E-state index contributed by atoms with van der Waals surface area (Å²) in [6, 6.07) is 2.68. The van der Waals surface area contributed by atoms with Gasteiger partial charge in [-0.2, -0.15) is 0 Å². The van der Waals surface area contributed by atoms with Crippen LogP contribution in [0, 0.1) is 21.8 Å². The van der Waals surface area contributed by atoms with Gasteiger partial charge in [-0.25, -0.2) is 4.39 Å². The second-order valence-electron chi connectivity index (χ2n) is 4.58. The number of methoxy groups -OCH3 is 1. The van der Waals surface area contributed by atoms with Crippen molar-refractivity contribution in [3.63, 3.8) is 0 Å². The van der Waals surface area contributed by atoms with Crippen LogP contribution < -0.4 is 4.74 Å². The summed E-state index contributed by atoms with van der Waals surface area (Å²) >= 11 is 0. The molecule has 21 heavy (non-hydrogen) atoms. The number of ketones is 1. The molecular formula is C13H12FNO6. The molecule has 8 heteroatoms. The molecule has 0 bridgehead atoms. The third-order valence-electron chi connectivity index (χ3n) is 3.15. The summed E-state index contributed by atoms with van der Waals surface area (Å²) in [4.78, 5) is 33.1. The Hall–Kier alpha value is -2.51. The number of carbonyl (C=O) groups is 2. The van der Waals surface area contributed by atoms with Gasteiger partial charge in [0.05, 0.1) is 7.11 Å². The Kier molecular flexibility index (Phi) is 4.15. The van der Waals surface area contributed by atoms with Crippen LogP contribution in [0.1, 0.15) is 16.8 Å². The number of nitrogens with zero attached hydrogens (tertiary/aromatic N) is 1. The van der Waals surface area contributed by atoms with Crippen molar-refractivity contribution in [2.45, 2.75) is 12.5 Å². The molecule has 0 N–H and O–H groups in total. The Balaban J connectivity index is 1.89. The van der Waals surface area contributed by atoms with E-state index in [1.54, 1.807) is 0 Å². The van der Waals surface area contributed by atoms with E-state index in [0.29, 0.717) is 0 Å². The molecule has 112 valence electrons. The molecule has 1 aliphatic rings. The number of rotatable bonds is 6. The zero-order chi connectivity index (χ0) is 15.6. The number of hydrogen-bond donors (Lipinski definition) is 0. The van der Waals surface area contributed by atoms with Crippen LogP contribution in [-0.2, 0) is 9.53 Å². The number of nitro groups is 1. The Morgan fingerprint density at radius 3 is 2.71 bits per heavy atom. The number of halogens is 1. The Morgan fingerprint density at radius 1 is 1.48 bits per heavy atom. The molecule has 0 heterocycles. The van der Waals surface area contributed by atoms with Crippen LogP contribution in [0.15, 0.2) is 18.2 Å². The van der Waals surface area contributed by atoms with Gasteiger partial charge < -0.3 is 9.47 Å². The zero-order valence-corrected chi connectivity index (χ0v) is 11.1. The fourth-order valence-electron chi connectivity index (χ4n) is 1.83. The van der Waals surface area contributed by atoms with Gasteiger partial charge >= 0.3 is 5.97 Å². The van der Waals surface area contributed by atoms with Crippen molar-refractivity contribution in [2.24, 2.45) is 5.92 Å². The Labute approximate surface area is 118 Å². The molecule has 0 aromatic heterocycles. The highest BCUT2D eigenvalue weighted by atomic mass is 19.1. The minimum Gasteiger partial charge on any atom is -0.494 e. The molecule has 0 saturated heterocycles. The molecule has 1 aromatic carbocycles. The third-order valence-corrected chi connectivity index (χ3v) is 3.15. The number of hydrogen-bond acceptors (Lipinski definition) is 6. The molecule has 1 fully saturated rings. The van der Waals surface area contributed by atoms with Gasteiger partial charge in [-0.1, -0.05) is 0 Å². The van der Waals surface area contributed by atoms with E-state index in [2.05, 4.69) is 0 Å². The number of Topliss-reactive ketones (excluding diaryl/α,β-unsaturated/α-hetero) is 1. The minimum atomic E-state index is -0.925. The maximum atomic E-state index is 13.4. The standard InChI is InChI=1S/C13H12FNO6/c1-20-12-3-2-7(4-9(12)14)11(16)6-21-13(17)8-5-10(8)15(18)19/h2-4,8,10H,5-6H2,1H3. The molecule has 0 aliphatic heterocycles. The number of carbonyl (C=O) groups excluding carboxylic acids is 2. The topological polar surface area (TPSA) is 95.7 Å². The fourth-order valence-corrected chi connectivity index (χ4v) is 1.83. The Morgan fingerprint density at radius 2 is 2.19 bits per heavy atom. The van der Waals surface area contributed by atoms with Gasteiger partial charge in [-0.15, -0.1) is 0 Å². The molecule has 0 radical (unpaired) electrons. The summed E-state index contributed by atoms with van der Waals surface area (Å²) in [5.74, 6) is -2.87. The van der Waals surface area contributed by atoms with Crippen LogP contribution >= 0.6 is 0 Å². The van der Waals surface area contributed by atoms with E-state index in [-0.39, 0.29) is 17.7 Å². The van der Waals surface area contributed by atoms with Gasteiger partial charge in [-0.3, -0.25) is 19.7 Å². The molecule has 2 atom stereocenters. The first-order valence-corrected chi connectivity index (χ1v) is 6.11. The van der Waals surface area contributed by atoms with E-state index in [4.69, 9.17) is 9.47 Å². The molecule has 1 saturated carbocycles.